The molecular weight excluding hydrogens is 124 g/mol. The van der Waals surface area contributed by atoms with Crippen molar-refractivity contribution in [3.05, 3.63) is 0 Å². The Labute approximate surface area is 49.8 Å². The molecule has 0 aliphatic carbocycles. The van der Waals surface area contributed by atoms with Gasteiger partial charge in [0.2, 0.25) is 0 Å². The predicted octanol–water partition coefficient (Wildman–Crippen LogP) is -2.55. The van der Waals surface area contributed by atoms with E-state index >= 15 is 0 Å². The van der Waals surface area contributed by atoms with E-state index in [2.05, 4.69) is 4.99 Å². The van der Waals surface area contributed by atoms with Crippen LogP contribution in [0.4, 0.5) is 0 Å². The second-order valence-corrected chi connectivity index (χ2v) is 1.31. The highest BCUT2D eigenvalue weighted by Crippen LogP contribution is 1.71. The molecule has 0 aromatic rings. The van der Waals surface area contributed by atoms with E-state index in [0.717, 1.165) is 0 Å². The molecule has 2 radical (unpaired) electrons. The Morgan fingerprint density at radius 2 is 2.00 bits per heavy atom. The molecule has 0 saturated carbocycles. The molecule has 0 bridgehead atoms. The van der Waals surface area contributed by atoms with Crippen molar-refractivity contribution < 1.29 is 14.4 Å². The lowest BCUT2D eigenvalue weighted by molar-refractivity contribution is -0.141. The van der Waals surface area contributed by atoms with Gasteiger partial charge in [-0.2, -0.15) is 0 Å². The Hall–Kier alpha value is -1.52. The molecule has 0 unspecified atom stereocenters. The van der Waals surface area contributed by atoms with Gasteiger partial charge in [-0.3, -0.25) is 14.9 Å². The molecule has 0 spiro atoms. The fourth-order valence-corrected chi connectivity index (χ4v) is 0.337. The van der Waals surface area contributed by atoms with Gasteiger partial charge in [-0.1, -0.05) is 0 Å². The van der Waals surface area contributed by atoms with E-state index in [1.807, 2.05) is 0 Å². The zero-order valence-corrected chi connectivity index (χ0v) is 4.17. The van der Waals surface area contributed by atoms with Crippen molar-refractivity contribution in [3.8, 4) is 0 Å². The van der Waals surface area contributed by atoms with E-state index in [0.29, 0.717) is 0 Å². The maximum Gasteiger partial charge on any atom is 0.542 e. The van der Waals surface area contributed by atoms with Gasteiger partial charge in [0.05, 0.1) is 0 Å². The summed E-state index contributed by atoms with van der Waals surface area (Å²) in [5.41, 5.74) is 0. The fraction of sp³-hybridized carbons (Fsp3) is 0. The Morgan fingerprint density at radius 1 is 1.33 bits per heavy atom. The lowest BCUT2D eigenvalue weighted by Gasteiger charge is -1.88. The van der Waals surface area contributed by atoms with E-state index in [1.54, 1.807) is 11.5 Å². The van der Waals surface area contributed by atoms with Gasteiger partial charge in [0.15, 0.2) is 0 Å². The first-order chi connectivity index (χ1) is 4.20. The topological polar surface area (TPSA) is 77.3 Å². The normalized spacial score (nSPS) is 18.0. The quantitative estimate of drug-likeness (QED) is 0.286. The van der Waals surface area contributed by atoms with Crippen molar-refractivity contribution in [2.75, 3.05) is 0 Å². The molecule has 9 heavy (non-hydrogen) atoms. The van der Waals surface area contributed by atoms with Crippen LogP contribution in [0.15, 0.2) is 0 Å². The maximum absolute atomic E-state index is 10.2. The lowest BCUT2D eigenvalue weighted by atomic mass is 10.4. The average molecular weight is 125 g/mol. The van der Waals surface area contributed by atoms with Crippen molar-refractivity contribution in [3.63, 3.8) is 0 Å². The van der Waals surface area contributed by atoms with Crippen LogP contribution in [0.1, 0.15) is 0 Å². The third kappa shape index (κ3) is 0.987. The number of nitrogens with one attached hydrogen (secondary N) is 1. The third-order valence-corrected chi connectivity index (χ3v) is 0.680. The predicted molar refractivity (Wildman–Crippen MR) is 25.3 cm³/mol. The minimum atomic E-state index is -1.00. The molecule has 0 fully saturated rings. The Morgan fingerprint density at radius 3 is 2.44 bits per heavy atom. The summed E-state index contributed by atoms with van der Waals surface area (Å²) in [6.07, 6.45) is 1.77. The molecular formula is C4HN2O3+. The van der Waals surface area contributed by atoms with Crippen LogP contribution < -0.4 is 10.3 Å². The molecule has 5 heteroatoms. The van der Waals surface area contributed by atoms with Crippen LogP contribution in [-0.4, -0.2) is 23.9 Å². The molecule has 0 aromatic heterocycles. The van der Waals surface area contributed by atoms with E-state index < -0.39 is 17.7 Å². The molecule has 1 N–H and O–H groups in total. The van der Waals surface area contributed by atoms with Crippen molar-refractivity contribution in [1.29, 1.82) is 0 Å². The van der Waals surface area contributed by atoms with Crippen LogP contribution in [0.3, 0.4) is 0 Å². The summed E-state index contributed by atoms with van der Waals surface area (Å²) in [5, 5.41) is 1.70. The molecule has 0 atom stereocenters. The van der Waals surface area contributed by atoms with E-state index in [4.69, 9.17) is 0 Å². The second kappa shape index (κ2) is 1.77. The number of hydrogen-bond acceptors (Lipinski definition) is 3. The summed E-state index contributed by atoms with van der Waals surface area (Å²) in [5.74, 6) is -2.77. The molecule has 1 aliphatic rings. The Balaban J connectivity index is 2.89. The number of hydrogen-bond donors (Lipinski definition) is 1. The monoisotopic (exact) mass is 125 g/mol. The van der Waals surface area contributed by atoms with Crippen molar-refractivity contribution in [2.45, 2.75) is 0 Å². The first kappa shape index (κ1) is 5.61. The Bertz CT molecular complexity index is 218. The highest BCUT2D eigenvalue weighted by Gasteiger charge is 2.32. The van der Waals surface area contributed by atoms with Crippen LogP contribution in [0.2, 0.25) is 0 Å². The zero-order valence-electron chi connectivity index (χ0n) is 4.17. The van der Waals surface area contributed by atoms with E-state index in [9.17, 15) is 14.4 Å². The molecule has 3 amide bonds. The standard InChI is InChI=1S/C4HN2O3/c7-2-1-5-3(8)4(9)6-2/h(H,6,7,9)/q+1. The van der Waals surface area contributed by atoms with Gasteiger partial charge in [-0.15, -0.1) is 0 Å². The van der Waals surface area contributed by atoms with Crippen LogP contribution in [0.5, 0.6) is 0 Å². The number of aliphatic imine (C=N–C) groups is 1. The minimum absolute atomic E-state index is 0.778. The molecule has 0 aromatic carbocycles. The molecule has 5 nitrogen and oxygen atoms in total. The fourth-order valence-electron chi connectivity index (χ4n) is 0.337. The summed E-state index contributed by atoms with van der Waals surface area (Å²) >= 11 is 0. The lowest BCUT2D eigenvalue weighted by Crippen LogP contribution is -2.44. The van der Waals surface area contributed by atoms with Crippen LogP contribution in [0, 0.1) is 0 Å². The van der Waals surface area contributed by atoms with E-state index in [1.165, 1.54) is 0 Å². The number of nitrogens with zero attached hydrogens (tertiary/aromatic N) is 1. The van der Waals surface area contributed by atoms with Gasteiger partial charge < -0.3 is 0 Å². The van der Waals surface area contributed by atoms with Crippen molar-refractivity contribution >= 4 is 23.9 Å². The molecule has 1 aliphatic heterocycles. The van der Waals surface area contributed by atoms with Gasteiger partial charge in [0, 0.05) is 0 Å². The average Bonchev–Trinajstić information content (AvgIpc) is 1.80. The Kier molecular flexibility index (Phi) is 1.11. The third-order valence-electron chi connectivity index (χ3n) is 0.680. The summed E-state index contributed by atoms with van der Waals surface area (Å²) in [6.45, 7) is 0. The highest BCUT2D eigenvalue weighted by atomic mass is 16.2. The SMILES string of the molecule is O=C1[C]=[N+]C(=O)C(=O)N1. The zero-order chi connectivity index (χ0) is 6.85. The molecule has 1 rings (SSSR count). The van der Waals surface area contributed by atoms with Gasteiger partial charge in [0.1, 0.15) is 4.99 Å². The molecule has 0 saturated heterocycles. The number of rotatable bonds is 0. The molecule has 44 valence electrons. The summed E-state index contributed by atoms with van der Waals surface area (Å²) in [4.78, 5) is 33.3. The second-order valence-electron chi connectivity index (χ2n) is 1.31. The van der Waals surface area contributed by atoms with Gasteiger partial charge in [-0.25, -0.2) is 4.79 Å². The minimum Gasteiger partial charge on any atom is -0.274 e. The number of imide groups is 1. The number of carbonyl (C=O) groups excluding carboxylic acids is 3. The van der Waals surface area contributed by atoms with Crippen LogP contribution in [-0.2, 0) is 14.4 Å². The number of carbonyl (C=O) groups is 3. The highest BCUT2D eigenvalue weighted by molar-refractivity contribution is 6.48. The molecule has 1 heterocycles. The van der Waals surface area contributed by atoms with Crippen molar-refractivity contribution in [1.82, 2.24) is 10.3 Å². The van der Waals surface area contributed by atoms with Crippen LogP contribution in [0.25, 0.3) is 0 Å². The van der Waals surface area contributed by atoms with Crippen LogP contribution >= 0.6 is 0 Å². The first-order valence-electron chi connectivity index (χ1n) is 2.06. The van der Waals surface area contributed by atoms with Gasteiger partial charge in [-0.05, 0) is 0 Å². The van der Waals surface area contributed by atoms with Crippen molar-refractivity contribution in [2.24, 2.45) is 0 Å². The van der Waals surface area contributed by atoms with Gasteiger partial charge >= 0.3 is 23.9 Å². The summed E-state index contributed by atoms with van der Waals surface area (Å²) < 4.78 is 0. The summed E-state index contributed by atoms with van der Waals surface area (Å²) in [7, 11) is 0. The largest absolute Gasteiger partial charge is 0.542 e. The summed E-state index contributed by atoms with van der Waals surface area (Å²) in [6, 6.07) is 0. The maximum atomic E-state index is 10.2. The van der Waals surface area contributed by atoms with Gasteiger partial charge in [0.25, 0.3) is 0 Å². The van der Waals surface area contributed by atoms with E-state index in [-0.39, 0.29) is 0 Å². The first-order valence-corrected chi connectivity index (χ1v) is 2.06. The smallest absolute Gasteiger partial charge is 0.274 e. The number of amides is 3.